The van der Waals surface area contributed by atoms with Crippen LogP contribution in [0.25, 0.3) is 5.78 Å². The van der Waals surface area contributed by atoms with Crippen LogP contribution >= 0.6 is 0 Å². The van der Waals surface area contributed by atoms with Gasteiger partial charge in [0.15, 0.2) is 0 Å². The van der Waals surface area contributed by atoms with E-state index >= 15 is 0 Å². The Bertz CT molecular complexity index is 1010. The number of rotatable bonds is 6. The quantitative estimate of drug-likeness (QED) is 0.658. The molecule has 2 aromatic heterocycles. The van der Waals surface area contributed by atoms with E-state index in [1.807, 2.05) is 49.1 Å². The lowest BCUT2D eigenvalue weighted by atomic mass is 10.1. The molecule has 0 spiro atoms. The molecule has 146 valence electrons. The Balaban J connectivity index is 1.65. The summed E-state index contributed by atoms with van der Waals surface area (Å²) in [7, 11) is 1.65. The van der Waals surface area contributed by atoms with E-state index < -0.39 is 0 Å². The van der Waals surface area contributed by atoms with E-state index in [1.165, 1.54) is 0 Å². The first-order chi connectivity index (χ1) is 13.5. The Morgan fingerprint density at radius 1 is 1.25 bits per heavy atom. The topological polar surface area (TPSA) is 72.6 Å². The van der Waals surface area contributed by atoms with Crippen molar-refractivity contribution in [2.24, 2.45) is 5.92 Å². The first kappa shape index (κ1) is 18.4. The molecule has 1 atom stereocenters. The highest BCUT2D eigenvalue weighted by molar-refractivity contribution is 5.91. The summed E-state index contributed by atoms with van der Waals surface area (Å²) in [5.74, 6) is 1.85. The molecule has 0 aliphatic heterocycles. The minimum Gasteiger partial charge on any atom is -0.497 e. The van der Waals surface area contributed by atoms with Gasteiger partial charge in [0.25, 0.3) is 11.7 Å². The van der Waals surface area contributed by atoms with Crippen molar-refractivity contribution >= 4 is 11.7 Å². The molecular formula is C21H25N5O2. The Morgan fingerprint density at radius 3 is 2.61 bits per heavy atom. The van der Waals surface area contributed by atoms with Gasteiger partial charge in [-0.3, -0.25) is 4.79 Å². The van der Waals surface area contributed by atoms with Gasteiger partial charge in [0.2, 0.25) is 5.82 Å². The fourth-order valence-corrected chi connectivity index (χ4v) is 3.55. The highest BCUT2D eigenvalue weighted by atomic mass is 16.5. The third kappa shape index (κ3) is 3.56. The van der Waals surface area contributed by atoms with Crippen LogP contribution in [0.4, 0.5) is 0 Å². The molecule has 1 aromatic carbocycles. The van der Waals surface area contributed by atoms with Crippen LogP contribution < -0.4 is 4.74 Å². The van der Waals surface area contributed by atoms with Crippen LogP contribution in [0.15, 0.2) is 30.3 Å². The number of hydrogen-bond acceptors (Lipinski definition) is 5. The minimum absolute atomic E-state index is 0.136. The number of benzene rings is 1. The number of carbonyl (C=O) groups excluding carboxylic acids is 1. The molecule has 1 unspecified atom stereocenters. The number of nitrogens with zero attached hydrogens (tertiary/aromatic N) is 5. The summed E-state index contributed by atoms with van der Waals surface area (Å²) in [6.45, 7) is 6.48. The lowest BCUT2D eigenvalue weighted by Crippen LogP contribution is -2.40. The second-order valence-electron chi connectivity index (χ2n) is 7.55. The van der Waals surface area contributed by atoms with Crippen molar-refractivity contribution in [1.29, 1.82) is 0 Å². The first-order valence-electron chi connectivity index (χ1n) is 9.61. The monoisotopic (exact) mass is 379 g/mol. The van der Waals surface area contributed by atoms with Gasteiger partial charge in [0.1, 0.15) is 5.75 Å². The number of carbonyl (C=O) groups is 1. The molecule has 28 heavy (non-hydrogen) atoms. The highest BCUT2D eigenvalue weighted by Gasteiger charge is 2.36. The van der Waals surface area contributed by atoms with Crippen molar-refractivity contribution < 1.29 is 9.53 Å². The Kier molecular flexibility index (Phi) is 4.75. The number of fused-ring (bicyclic) bond motifs is 1. The van der Waals surface area contributed by atoms with E-state index in [2.05, 4.69) is 22.0 Å². The maximum Gasteiger partial charge on any atom is 0.294 e. The van der Waals surface area contributed by atoms with Crippen LogP contribution in [-0.2, 0) is 6.54 Å². The molecule has 1 fully saturated rings. The number of amides is 1. The average Bonchev–Trinajstić information content (AvgIpc) is 3.45. The van der Waals surface area contributed by atoms with Gasteiger partial charge in [-0.15, -0.1) is 5.10 Å². The zero-order chi connectivity index (χ0) is 19.8. The SMILES string of the molecule is COc1ccc(CN(C(=O)c2nc3nc(C)cc(C)n3n2)C(C)C2CC2)cc1. The summed E-state index contributed by atoms with van der Waals surface area (Å²) < 4.78 is 6.86. The van der Waals surface area contributed by atoms with Gasteiger partial charge in [-0.05, 0) is 63.3 Å². The smallest absolute Gasteiger partial charge is 0.294 e. The number of hydrogen-bond donors (Lipinski definition) is 0. The number of methoxy groups -OCH3 is 1. The Morgan fingerprint density at radius 2 is 1.96 bits per heavy atom. The van der Waals surface area contributed by atoms with Crippen LogP contribution in [0.3, 0.4) is 0 Å². The molecule has 0 N–H and O–H groups in total. The molecule has 0 bridgehead atoms. The third-order valence-electron chi connectivity index (χ3n) is 5.38. The van der Waals surface area contributed by atoms with Gasteiger partial charge >= 0.3 is 0 Å². The number of aryl methyl sites for hydroxylation is 2. The second-order valence-corrected chi connectivity index (χ2v) is 7.55. The highest BCUT2D eigenvalue weighted by Crippen LogP contribution is 2.36. The second kappa shape index (κ2) is 7.22. The van der Waals surface area contributed by atoms with Crippen molar-refractivity contribution in [2.75, 3.05) is 7.11 Å². The molecule has 1 amide bonds. The van der Waals surface area contributed by atoms with Gasteiger partial charge in [-0.1, -0.05) is 12.1 Å². The van der Waals surface area contributed by atoms with E-state index in [9.17, 15) is 4.79 Å². The van der Waals surface area contributed by atoms with Crippen molar-refractivity contribution in [3.63, 3.8) is 0 Å². The molecule has 0 saturated heterocycles. The molecule has 1 saturated carbocycles. The van der Waals surface area contributed by atoms with Gasteiger partial charge in [-0.25, -0.2) is 9.50 Å². The summed E-state index contributed by atoms with van der Waals surface area (Å²) in [4.78, 5) is 24.0. The third-order valence-corrected chi connectivity index (χ3v) is 5.38. The fourth-order valence-electron chi connectivity index (χ4n) is 3.55. The standard InChI is InChI=1S/C21H25N5O2/c1-13-11-14(2)26-21(22-13)23-19(24-26)20(27)25(15(3)17-7-8-17)12-16-5-9-18(28-4)10-6-16/h5-6,9-11,15,17H,7-8,12H2,1-4H3. The molecule has 7 nitrogen and oxygen atoms in total. The minimum atomic E-state index is -0.155. The molecule has 7 heteroatoms. The Labute approximate surface area is 164 Å². The van der Waals surface area contributed by atoms with Gasteiger partial charge in [0, 0.05) is 24.0 Å². The van der Waals surface area contributed by atoms with E-state index in [1.54, 1.807) is 11.6 Å². The van der Waals surface area contributed by atoms with E-state index in [0.29, 0.717) is 18.2 Å². The maximum absolute atomic E-state index is 13.3. The molecular weight excluding hydrogens is 354 g/mol. The normalized spacial score (nSPS) is 14.9. The van der Waals surface area contributed by atoms with Crippen molar-refractivity contribution in [3.8, 4) is 5.75 Å². The van der Waals surface area contributed by atoms with Crippen molar-refractivity contribution in [2.45, 2.75) is 46.2 Å². The van der Waals surface area contributed by atoms with Crippen LogP contribution in [0, 0.1) is 19.8 Å². The molecule has 3 aromatic rings. The lowest BCUT2D eigenvalue weighted by molar-refractivity contribution is 0.0642. The van der Waals surface area contributed by atoms with Crippen molar-refractivity contribution in [3.05, 3.63) is 53.1 Å². The summed E-state index contributed by atoms with van der Waals surface area (Å²) in [5.41, 5.74) is 2.82. The zero-order valence-corrected chi connectivity index (χ0v) is 16.7. The largest absolute Gasteiger partial charge is 0.497 e. The average molecular weight is 379 g/mol. The summed E-state index contributed by atoms with van der Waals surface area (Å²) in [6, 6.07) is 9.88. The first-order valence-corrected chi connectivity index (χ1v) is 9.61. The van der Waals surface area contributed by atoms with E-state index in [0.717, 1.165) is 35.5 Å². The summed E-state index contributed by atoms with van der Waals surface area (Å²) >= 11 is 0. The number of ether oxygens (including phenoxy) is 1. The molecule has 1 aliphatic rings. The fraction of sp³-hybridized carbons (Fsp3) is 0.429. The molecule has 2 heterocycles. The zero-order valence-electron chi connectivity index (χ0n) is 16.7. The molecule has 0 radical (unpaired) electrons. The summed E-state index contributed by atoms with van der Waals surface area (Å²) in [6.07, 6.45) is 2.32. The van der Waals surface area contributed by atoms with Crippen molar-refractivity contribution in [1.82, 2.24) is 24.5 Å². The van der Waals surface area contributed by atoms with E-state index in [4.69, 9.17) is 4.74 Å². The summed E-state index contributed by atoms with van der Waals surface area (Å²) in [5, 5.41) is 4.44. The van der Waals surface area contributed by atoms with Crippen LogP contribution in [0.1, 0.15) is 47.3 Å². The van der Waals surface area contributed by atoms with Gasteiger partial charge < -0.3 is 9.64 Å². The Hall–Kier alpha value is -2.96. The molecule has 4 rings (SSSR count). The maximum atomic E-state index is 13.3. The van der Waals surface area contributed by atoms with Crippen LogP contribution in [0.5, 0.6) is 5.75 Å². The van der Waals surface area contributed by atoms with Gasteiger partial charge in [-0.2, -0.15) is 4.98 Å². The lowest BCUT2D eigenvalue weighted by Gasteiger charge is -2.28. The predicted molar refractivity (Wildman–Crippen MR) is 105 cm³/mol. The van der Waals surface area contributed by atoms with E-state index in [-0.39, 0.29) is 17.8 Å². The van der Waals surface area contributed by atoms with Crippen LogP contribution in [-0.4, -0.2) is 43.5 Å². The van der Waals surface area contributed by atoms with Crippen LogP contribution in [0.2, 0.25) is 0 Å². The predicted octanol–water partition coefficient (Wildman–Crippen LogP) is 3.19. The van der Waals surface area contributed by atoms with Gasteiger partial charge in [0.05, 0.1) is 7.11 Å². The molecule has 1 aliphatic carbocycles. The number of aromatic nitrogens is 4.